The van der Waals surface area contributed by atoms with Crippen LogP contribution in [-0.2, 0) is 11.3 Å². The molecule has 0 spiro atoms. The second-order valence-electron chi connectivity index (χ2n) is 6.41. The number of amides is 1. The number of carbonyl (C=O) groups excluding carboxylic acids is 1. The van der Waals surface area contributed by atoms with Crippen LogP contribution in [0.2, 0.25) is 5.02 Å². The van der Waals surface area contributed by atoms with Gasteiger partial charge >= 0.3 is 0 Å². The molecular formula is C21H20ClN3O2. The van der Waals surface area contributed by atoms with Gasteiger partial charge in [-0.05, 0) is 44.5 Å². The lowest BCUT2D eigenvalue weighted by molar-refractivity contribution is -0.116. The minimum Gasteiger partial charge on any atom is -0.324 e. The number of hydrogen-bond acceptors (Lipinski definition) is 3. The number of nitrogens with zero attached hydrogens (tertiary/aromatic N) is 2. The van der Waals surface area contributed by atoms with Gasteiger partial charge in [0.05, 0.1) is 0 Å². The van der Waals surface area contributed by atoms with Gasteiger partial charge in [0.15, 0.2) is 0 Å². The molecule has 0 fully saturated rings. The molecule has 0 saturated carbocycles. The van der Waals surface area contributed by atoms with Crippen LogP contribution in [0.5, 0.6) is 0 Å². The summed E-state index contributed by atoms with van der Waals surface area (Å²) in [5, 5.41) is 3.40. The number of anilines is 1. The summed E-state index contributed by atoms with van der Waals surface area (Å²) in [6.45, 7) is 5.27. The van der Waals surface area contributed by atoms with Crippen molar-refractivity contribution in [3.05, 3.63) is 80.7 Å². The van der Waals surface area contributed by atoms with Crippen molar-refractivity contribution in [1.29, 1.82) is 0 Å². The van der Waals surface area contributed by atoms with Crippen LogP contribution in [0, 0.1) is 20.8 Å². The molecule has 3 rings (SSSR count). The van der Waals surface area contributed by atoms with Gasteiger partial charge in [0.2, 0.25) is 5.91 Å². The Kier molecular flexibility index (Phi) is 5.42. The molecule has 0 bridgehead atoms. The zero-order valence-corrected chi connectivity index (χ0v) is 16.2. The summed E-state index contributed by atoms with van der Waals surface area (Å²) < 4.78 is 1.39. The first-order chi connectivity index (χ1) is 12.9. The maximum Gasteiger partial charge on any atom is 0.257 e. The highest BCUT2D eigenvalue weighted by atomic mass is 35.5. The molecular weight excluding hydrogens is 362 g/mol. The number of para-hydroxylation sites is 1. The highest BCUT2D eigenvalue weighted by molar-refractivity contribution is 6.30. The Hall–Kier alpha value is -2.92. The van der Waals surface area contributed by atoms with Crippen molar-refractivity contribution < 1.29 is 4.79 Å². The van der Waals surface area contributed by atoms with E-state index in [0.29, 0.717) is 27.7 Å². The van der Waals surface area contributed by atoms with Crippen LogP contribution in [0.15, 0.2) is 53.3 Å². The van der Waals surface area contributed by atoms with E-state index in [0.717, 1.165) is 11.3 Å². The third kappa shape index (κ3) is 4.09. The van der Waals surface area contributed by atoms with Gasteiger partial charge in [-0.3, -0.25) is 14.2 Å². The Labute approximate surface area is 162 Å². The summed E-state index contributed by atoms with van der Waals surface area (Å²) in [6, 6.07) is 14.6. The van der Waals surface area contributed by atoms with Crippen molar-refractivity contribution in [1.82, 2.24) is 9.55 Å². The van der Waals surface area contributed by atoms with E-state index in [9.17, 15) is 9.59 Å². The monoisotopic (exact) mass is 381 g/mol. The first kappa shape index (κ1) is 18.9. The van der Waals surface area contributed by atoms with Crippen LogP contribution in [-0.4, -0.2) is 15.5 Å². The Morgan fingerprint density at radius 2 is 1.85 bits per heavy atom. The van der Waals surface area contributed by atoms with Gasteiger partial charge in [0.1, 0.15) is 12.4 Å². The van der Waals surface area contributed by atoms with E-state index < -0.39 is 0 Å². The maximum atomic E-state index is 12.8. The second kappa shape index (κ2) is 7.76. The predicted octanol–water partition coefficient (Wildman–Crippen LogP) is 4.13. The smallest absolute Gasteiger partial charge is 0.257 e. The van der Waals surface area contributed by atoms with Crippen LogP contribution in [0.25, 0.3) is 11.4 Å². The molecule has 138 valence electrons. The zero-order valence-electron chi connectivity index (χ0n) is 15.4. The number of hydrogen-bond donors (Lipinski definition) is 1. The Morgan fingerprint density at radius 3 is 2.56 bits per heavy atom. The lowest BCUT2D eigenvalue weighted by Gasteiger charge is -2.15. The molecule has 0 aliphatic carbocycles. The van der Waals surface area contributed by atoms with Gasteiger partial charge in [-0.2, -0.15) is 0 Å². The van der Waals surface area contributed by atoms with E-state index in [2.05, 4.69) is 10.3 Å². The Balaban J connectivity index is 2.01. The van der Waals surface area contributed by atoms with Crippen molar-refractivity contribution >= 4 is 23.2 Å². The third-order valence-corrected chi connectivity index (χ3v) is 4.68. The third-order valence-electron chi connectivity index (χ3n) is 4.44. The minimum atomic E-state index is -0.292. The van der Waals surface area contributed by atoms with Crippen LogP contribution >= 0.6 is 11.6 Å². The molecule has 0 radical (unpaired) electrons. The molecule has 0 unspecified atom stereocenters. The largest absolute Gasteiger partial charge is 0.324 e. The molecule has 1 heterocycles. The average Bonchev–Trinajstić information content (AvgIpc) is 2.64. The molecule has 1 amide bonds. The van der Waals surface area contributed by atoms with Gasteiger partial charge in [-0.15, -0.1) is 0 Å². The molecule has 0 aliphatic heterocycles. The summed E-state index contributed by atoms with van der Waals surface area (Å²) in [5.74, 6) is 0.130. The molecule has 6 heteroatoms. The lowest BCUT2D eigenvalue weighted by atomic mass is 10.1. The minimum absolute atomic E-state index is 0.136. The molecule has 5 nitrogen and oxygen atoms in total. The standard InChI is InChI=1S/C21H20ClN3O2/c1-13-7-4-5-10-18(13)24-19(26)12-25-20(16-8-6-9-17(22)11-16)23-15(3)14(2)21(25)27/h4-11H,12H2,1-3H3,(H,24,26). The Morgan fingerprint density at radius 1 is 1.11 bits per heavy atom. The number of aromatic nitrogens is 2. The van der Waals surface area contributed by atoms with Crippen LogP contribution in [0.3, 0.4) is 0 Å². The van der Waals surface area contributed by atoms with E-state index in [-0.39, 0.29) is 18.0 Å². The van der Waals surface area contributed by atoms with Gasteiger partial charge in [-0.1, -0.05) is 41.9 Å². The van der Waals surface area contributed by atoms with E-state index >= 15 is 0 Å². The highest BCUT2D eigenvalue weighted by Crippen LogP contribution is 2.21. The summed E-state index contributed by atoms with van der Waals surface area (Å²) in [5.41, 5.74) is 3.27. The molecule has 2 aromatic carbocycles. The van der Waals surface area contributed by atoms with Crippen molar-refractivity contribution in [2.75, 3.05) is 5.32 Å². The van der Waals surface area contributed by atoms with Crippen molar-refractivity contribution in [3.63, 3.8) is 0 Å². The fourth-order valence-corrected chi connectivity index (χ4v) is 2.99. The molecule has 27 heavy (non-hydrogen) atoms. The fraction of sp³-hybridized carbons (Fsp3) is 0.190. The van der Waals surface area contributed by atoms with Gasteiger partial charge in [0.25, 0.3) is 5.56 Å². The summed E-state index contributed by atoms with van der Waals surface area (Å²) in [7, 11) is 0. The summed E-state index contributed by atoms with van der Waals surface area (Å²) >= 11 is 6.09. The normalized spacial score (nSPS) is 10.7. The van der Waals surface area contributed by atoms with Gasteiger partial charge in [-0.25, -0.2) is 4.98 Å². The first-order valence-corrected chi connectivity index (χ1v) is 8.94. The molecule has 0 atom stereocenters. The summed E-state index contributed by atoms with van der Waals surface area (Å²) in [6.07, 6.45) is 0. The van der Waals surface area contributed by atoms with Crippen LogP contribution in [0.4, 0.5) is 5.69 Å². The lowest BCUT2D eigenvalue weighted by Crippen LogP contribution is -2.31. The van der Waals surface area contributed by atoms with E-state index in [4.69, 9.17) is 11.6 Å². The van der Waals surface area contributed by atoms with E-state index in [1.165, 1.54) is 4.57 Å². The van der Waals surface area contributed by atoms with Crippen molar-refractivity contribution in [2.45, 2.75) is 27.3 Å². The van der Waals surface area contributed by atoms with Gasteiger partial charge < -0.3 is 5.32 Å². The number of halogens is 1. The predicted molar refractivity (Wildman–Crippen MR) is 108 cm³/mol. The second-order valence-corrected chi connectivity index (χ2v) is 6.85. The molecule has 1 aromatic heterocycles. The maximum absolute atomic E-state index is 12.8. The zero-order chi connectivity index (χ0) is 19.6. The van der Waals surface area contributed by atoms with Crippen molar-refractivity contribution in [3.8, 4) is 11.4 Å². The highest BCUT2D eigenvalue weighted by Gasteiger charge is 2.16. The summed E-state index contributed by atoms with van der Waals surface area (Å²) in [4.78, 5) is 30.0. The fourth-order valence-electron chi connectivity index (χ4n) is 2.80. The van der Waals surface area contributed by atoms with Crippen LogP contribution < -0.4 is 10.9 Å². The quantitative estimate of drug-likeness (QED) is 0.739. The van der Waals surface area contributed by atoms with E-state index in [1.54, 1.807) is 32.0 Å². The van der Waals surface area contributed by atoms with Gasteiger partial charge in [0, 0.05) is 27.5 Å². The van der Waals surface area contributed by atoms with E-state index in [1.807, 2.05) is 37.3 Å². The molecule has 3 aromatic rings. The molecule has 1 N–H and O–H groups in total. The van der Waals surface area contributed by atoms with Crippen molar-refractivity contribution in [2.24, 2.45) is 0 Å². The Bertz CT molecular complexity index is 1070. The topological polar surface area (TPSA) is 64.0 Å². The molecule has 0 aliphatic rings. The molecule has 0 saturated heterocycles. The number of carbonyl (C=O) groups is 1. The number of benzene rings is 2. The number of nitrogens with one attached hydrogen (secondary N) is 1. The SMILES string of the molecule is Cc1ccccc1NC(=O)Cn1c(-c2cccc(Cl)c2)nc(C)c(C)c1=O. The first-order valence-electron chi connectivity index (χ1n) is 8.56. The van der Waals surface area contributed by atoms with Crippen LogP contribution in [0.1, 0.15) is 16.8 Å². The average molecular weight is 382 g/mol. The number of rotatable bonds is 4. The number of aryl methyl sites for hydroxylation is 2.